The van der Waals surface area contributed by atoms with Crippen molar-refractivity contribution < 1.29 is 19.4 Å². The van der Waals surface area contributed by atoms with Crippen LogP contribution < -0.4 is 5.11 Å². The maximum atomic E-state index is 11.8. The van der Waals surface area contributed by atoms with E-state index in [4.69, 9.17) is 4.43 Å². The Hall–Kier alpha value is -0.393. The first-order valence-electron chi connectivity index (χ1n) is 14.0. The van der Waals surface area contributed by atoms with Crippen molar-refractivity contribution in [3.8, 4) is 0 Å². The highest BCUT2D eigenvalue weighted by Gasteiger charge is 2.39. The monoisotopic (exact) mass is 485 g/mol. The molecule has 0 aliphatic carbocycles. The lowest BCUT2D eigenvalue weighted by molar-refractivity contribution is -0.314. The number of unbranched alkanes of at least 4 members (excludes halogenated alkanes) is 11. The van der Waals surface area contributed by atoms with E-state index in [-0.39, 0.29) is 11.1 Å². The highest BCUT2D eigenvalue weighted by Crippen LogP contribution is 2.38. The average molecular weight is 486 g/mol. The lowest BCUT2D eigenvalue weighted by Crippen LogP contribution is -2.46. The van der Waals surface area contributed by atoms with Crippen molar-refractivity contribution in [2.45, 2.75) is 168 Å². The molecule has 1 N–H and O–H groups in total. The number of carbonyl (C=O) groups is 1. The Kier molecular flexibility index (Phi) is 17.7. The predicted octanol–water partition coefficient (Wildman–Crippen LogP) is 7.39. The molecule has 0 aromatic rings. The van der Waals surface area contributed by atoms with Crippen LogP contribution in [0.25, 0.3) is 0 Å². The van der Waals surface area contributed by atoms with Crippen LogP contribution in [0.5, 0.6) is 0 Å². The lowest BCUT2D eigenvalue weighted by atomic mass is 9.90. The van der Waals surface area contributed by atoms with E-state index in [1.54, 1.807) is 0 Å². The van der Waals surface area contributed by atoms with Crippen LogP contribution in [0.3, 0.4) is 0 Å². The Morgan fingerprint density at radius 1 is 0.818 bits per heavy atom. The van der Waals surface area contributed by atoms with Crippen LogP contribution in [0.2, 0.25) is 18.1 Å². The van der Waals surface area contributed by atoms with Crippen LogP contribution in [0.4, 0.5) is 0 Å². The maximum absolute atomic E-state index is 11.8. The van der Waals surface area contributed by atoms with Gasteiger partial charge in [-0.1, -0.05) is 118 Å². The highest BCUT2D eigenvalue weighted by atomic mass is 28.4. The van der Waals surface area contributed by atoms with Gasteiger partial charge in [0.2, 0.25) is 0 Å². The van der Waals surface area contributed by atoms with Gasteiger partial charge in [-0.2, -0.15) is 0 Å². The summed E-state index contributed by atoms with van der Waals surface area (Å²) < 4.78 is 6.68. The number of rotatable bonds is 21. The third kappa shape index (κ3) is 15.3. The molecular formula is C28H57O4Si-. The molecule has 0 amide bonds. The van der Waals surface area contributed by atoms with Gasteiger partial charge in [-0.15, -0.1) is 0 Å². The molecule has 5 heteroatoms. The van der Waals surface area contributed by atoms with Gasteiger partial charge in [-0.05, 0) is 37.4 Å². The molecular weight excluding hydrogens is 428 g/mol. The van der Waals surface area contributed by atoms with Gasteiger partial charge in [-0.25, -0.2) is 0 Å². The number of carbonyl (C=O) groups excluding carboxylic acids is 1. The lowest BCUT2D eigenvalue weighted by Gasteiger charge is -2.40. The second-order valence-corrected chi connectivity index (χ2v) is 16.5. The van der Waals surface area contributed by atoms with Crippen molar-refractivity contribution >= 4 is 14.3 Å². The van der Waals surface area contributed by atoms with Gasteiger partial charge in [-0.3, -0.25) is 0 Å². The van der Waals surface area contributed by atoms with E-state index in [1.807, 2.05) is 0 Å². The Morgan fingerprint density at radius 2 is 1.24 bits per heavy atom. The fraction of sp³-hybridized carbons (Fsp3) is 0.964. The van der Waals surface area contributed by atoms with E-state index in [0.717, 1.165) is 38.5 Å². The fourth-order valence-corrected chi connectivity index (χ4v) is 5.59. The van der Waals surface area contributed by atoms with Crippen LogP contribution in [0, 0.1) is 5.92 Å². The van der Waals surface area contributed by atoms with Gasteiger partial charge in [0.1, 0.15) is 0 Å². The molecule has 0 aromatic carbocycles. The minimum absolute atomic E-state index is 0.0806. The highest BCUT2D eigenvalue weighted by molar-refractivity contribution is 6.74. The van der Waals surface area contributed by atoms with E-state index < -0.39 is 26.3 Å². The molecule has 0 heterocycles. The molecule has 0 spiro atoms. The average Bonchev–Trinajstić information content (AvgIpc) is 2.70. The maximum Gasteiger partial charge on any atom is 0.192 e. The molecule has 0 radical (unpaired) electrons. The number of carboxylic acids is 1. The number of aliphatic hydroxyl groups excluding tert-OH is 1. The number of hydrogen-bond acceptors (Lipinski definition) is 4. The Balaban J connectivity index is 4.82. The van der Waals surface area contributed by atoms with Gasteiger partial charge in [0.25, 0.3) is 0 Å². The molecule has 0 saturated heterocycles. The standard InChI is InChI=1S/C28H58O4Si/c1-8-10-12-14-15-16-17-18-19-21-24(32-33(6,7)28(3,4)5)23-26(29)25(27(30)31)22-20-13-11-9-2/h24-26,29H,8-23H2,1-7H3,(H,30,31)/p-1/t24-,25-,26-/m0/s1. The number of hydrogen-bond donors (Lipinski definition) is 1. The molecule has 4 nitrogen and oxygen atoms in total. The number of aliphatic hydroxyl groups is 1. The molecule has 0 fully saturated rings. The van der Waals surface area contributed by atoms with Crippen molar-refractivity contribution in [2.24, 2.45) is 5.92 Å². The van der Waals surface area contributed by atoms with E-state index >= 15 is 0 Å². The number of carboxylic acid groups (broad SMARTS) is 1. The van der Waals surface area contributed by atoms with Crippen LogP contribution in [-0.2, 0) is 9.22 Å². The summed E-state index contributed by atoms with van der Waals surface area (Å²) in [5.41, 5.74) is 0. The molecule has 3 atom stereocenters. The zero-order chi connectivity index (χ0) is 25.3. The molecule has 0 unspecified atom stereocenters. The SMILES string of the molecule is CCCCCCCCCCC[C@@H](C[C@H](O)[C@H](CCCCCC)C(=O)[O-])O[Si](C)(C)C(C)(C)C. The molecule has 0 aromatic heterocycles. The Morgan fingerprint density at radius 3 is 1.70 bits per heavy atom. The Bertz CT molecular complexity index is 487. The molecule has 33 heavy (non-hydrogen) atoms. The van der Waals surface area contributed by atoms with Crippen molar-refractivity contribution in [2.75, 3.05) is 0 Å². The van der Waals surface area contributed by atoms with Crippen molar-refractivity contribution in [1.29, 1.82) is 0 Å². The van der Waals surface area contributed by atoms with Gasteiger partial charge in [0.05, 0.1) is 6.10 Å². The van der Waals surface area contributed by atoms with E-state index in [0.29, 0.717) is 12.8 Å². The fourth-order valence-electron chi connectivity index (χ4n) is 4.19. The Labute approximate surface area is 207 Å². The second kappa shape index (κ2) is 18.0. The van der Waals surface area contributed by atoms with Gasteiger partial charge in [0.15, 0.2) is 8.32 Å². The molecule has 0 bridgehead atoms. The van der Waals surface area contributed by atoms with Gasteiger partial charge in [0, 0.05) is 18.0 Å². The summed E-state index contributed by atoms with van der Waals surface area (Å²) in [7, 11) is -2.00. The van der Waals surface area contributed by atoms with Crippen molar-refractivity contribution in [3.63, 3.8) is 0 Å². The van der Waals surface area contributed by atoms with E-state index in [9.17, 15) is 15.0 Å². The van der Waals surface area contributed by atoms with E-state index in [2.05, 4.69) is 47.7 Å². The smallest absolute Gasteiger partial charge is 0.192 e. The summed E-state index contributed by atoms with van der Waals surface area (Å²) in [5.74, 6) is -1.91. The second-order valence-electron chi connectivity index (χ2n) is 11.7. The first kappa shape index (κ1) is 32.6. The summed E-state index contributed by atoms with van der Waals surface area (Å²) in [6.45, 7) is 15.5. The summed E-state index contributed by atoms with van der Waals surface area (Å²) >= 11 is 0. The molecule has 198 valence electrons. The topological polar surface area (TPSA) is 69.6 Å². The zero-order valence-electron chi connectivity index (χ0n) is 23.2. The van der Waals surface area contributed by atoms with Crippen LogP contribution in [0.1, 0.15) is 137 Å². The zero-order valence-corrected chi connectivity index (χ0v) is 24.2. The number of aliphatic carboxylic acids is 1. The van der Waals surface area contributed by atoms with Crippen LogP contribution in [-0.4, -0.2) is 31.6 Å². The largest absolute Gasteiger partial charge is 0.550 e. The third-order valence-electron chi connectivity index (χ3n) is 7.54. The molecule has 0 rings (SSSR count). The summed E-state index contributed by atoms with van der Waals surface area (Å²) in [5, 5.41) is 22.7. The summed E-state index contributed by atoms with van der Waals surface area (Å²) in [4.78, 5) is 11.8. The normalized spacial score (nSPS) is 15.4. The van der Waals surface area contributed by atoms with Gasteiger partial charge < -0.3 is 19.4 Å². The minimum atomic E-state index is -2.00. The molecule has 0 saturated carbocycles. The predicted molar refractivity (Wildman–Crippen MR) is 142 cm³/mol. The molecule has 0 aliphatic rings. The minimum Gasteiger partial charge on any atom is -0.550 e. The van der Waals surface area contributed by atoms with Crippen LogP contribution >= 0.6 is 0 Å². The van der Waals surface area contributed by atoms with Crippen molar-refractivity contribution in [1.82, 2.24) is 0 Å². The first-order valence-corrected chi connectivity index (χ1v) is 16.9. The van der Waals surface area contributed by atoms with E-state index in [1.165, 1.54) is 51.4 Å². The summed E-state index contributed by atoms with van der Waals surface area (Å²) in [6, 6.07) is 0. The van der Waals surface area contributed by atoms with Crippen LogP contribution in [0.15, 0.2) is 0 Å². The third-order valence-corrected chi connectivity index (χ3v) is 12.1. The molecule has 0 aliphatic heterocycles. The quantitative estimate of drug-likeness (QED) is 0.136. The van der Waals surface area contributed by atoms with Gasteiger partial charge >= 0.3 is 0 Å². The first-order chi connectivity index (χ1) is 15.5. The van der Waals surface area contributed by atoms with Crippen molar-refractivity contribution in [3.05, 3.63) is 0 Å². The summed E-state index contributed by atoms with van der Waals surface area (Å²) in [6.07, 6.45) is 16.3.